The molecule has 1 N–H and O–H groups in total. The van der Waals surface area contributed by atoms with E-state index in [0.29, 0.717) is 48.8 Å². The van der Waals surface area contributed by atoms with E-state index in [0.717, 1.165) is 90.9 Å². The zero-order valence-electron chi connectivity index (χ0n) is 26.1. The number of nitrogens with zero attached hydrogens (tertiary/aromatic N) is 8. The number of hydrogen-bond donors (Lipinski definition) is 1. The summed E-state index contributed by atoms with van der Waals surface area (Å²) in [6, 6.07) is 0.399. The number of aromatic nitrogens is 7. The lowest BCUT2D eigenvalue weighted by Crippen LogP contribution is -2.41. The maximum Gasteiger partial charge on any atom is 0.246 e. The number of rotatable bonds is 5. The second kappa shape index (κ2) is 10.4. The molecular formula is C32H41N9O3. The lowest BCUT2D eigenvalue weighted by molar-refractivity contribution is -0.128. The highest BCUT2D eigenvalue weighted by Crippen LogP contribution is 2.48. The van der Waals surface area contributed by atoms with Crippen molar-refractivity contribution in [1.29, 1.82) is 0 Å². The number of H-pyrrole nitrogens is 1. The van der Waals surface area contributed by atoms with E-state index in [-0.39, 0.29) is 12.1 Å². The molecule has 12 heteroatoms. The first-order chi connectivity index (χ1) is 21.4. The van der Waals surface area contributed by atoms with E-state index in [1.54, 1.807) is 0 Å². The number of ether oxygens (including phenoxy) is 1. The summed E-state index contributed by atoms with van der Waals surface area (Å²) in [5, 5.41) is 17.9. The summed E-state index contributed by atoms with van der Waals surface area (Å²) in [5.74, 6) is 2.90. The highest BCUT2D eigenvalue weighted by molar-refractivity contribution is 5.95. The van der Waals surface area contributed by atoms with Gasteiger partial charge in [-0.15, -0.1) is 5.10 Å². The van der Waals surface area contributed by atoms with Gasteiger partial charge in [-0.1, -0.05) is 11.6 Å². The summed E-state index contributed by atoms with van der Waals surface area (Å²) < 4.78 is 14.5. The van der Waals surface area contributed by atoms with Crippen LogP contribution < -0.4 is 9.64 Å². The molecule has 2 fully saturated rings. The minimum absolute atomic E-state index is 0.0228. The summed E-state index contributed by atoms with van der Waals surface area (Å²) in [5.41, 5.74) is 3.95. The van der Waals surface area contributed by atoms with Gasteiger partial charge in [0.05, 0.1) is 30.2 Å². The third-order valence-electron chi connectivity index (χ3n) is 10.9. The number of fused-ring (bicyclic) bond motifs is 2. The molecule has 4 atom stereocenters. The molecule has 4 aromatic rings. The minimum atomic E-state index is -0.559. The molecule has 4 aliphatic rings. The molecule has 6 heterocycles. The fraction of sp³-hybridized carbons (Fsp3) is 0.625. The van der Waals surface area contributed by atoms with Crippen LogP contribution in [0, 0.1) is 6.92 Å². The zero-order chi connectivity index (χ0) is 30.2. The van der Waals surface area contributed by atoms with E-state index in [2.05, 4.69) is 46.0 Å². The summed E-state index contributed by atoms with van der Waals surface area (Å²) in [7, 11) is 2.19. The van der Waals surface area contributed by atoms with E-state index >= 15 is 0 Å². The first-order valence-corrected chi connectivity index (χ1v) is 16.3. The van der Waals surface area contributed by atoms with Crippen LogP contribution in [0.25, 0.3) is 22.6 Å². The van der Waals surface area contributed by atoms with Crippen LogP contribution in [0.15, 0.2) is 10.7 Å². The highest BCUT2D eigenvalue weighted by Gasteiger charge is 2.49. The maximum absolute atomic E-state index is 13.4. The number of aromatic amines is 1. The summed E-state index contributed by atoms with van der Waals surface area (Å²) >= 11 is 0. The summed E-state index contributed by atoms with van der Waals surface area (Å²) in [6.07, 6.45) is 10.1. The van der Waals surface area contributed by atoms with Crippen LogP contribution in [0.2, 0.25) is 0 Å². The van der Waals surface area contributed by atoms with Gasteiger partial charge < -0.3 is 19.1 Å². The molecular weight excluding hydrogens is 558 g/mol. The number of likely N-dealkylation sites (N-methyl/N-ethyl adjacent to an activating group) is 1. The van der Waals surface area contributed by atoms with Gasteiger partial charge in [0.1, 0.15) is 23.6 Å². The summed E-state index contributed by atoms with van der Waals surface area (Å²) in [6.45, 7) is 8.62. The molecule has 8 rings (SSSR count). The number of carbonyl (C=O) groups excluding carboxylic acids is 1. The molecule has 0 amide bonds. The Labute approximate surface area is 256 Å². The zero-order valence-corrected chi connectivity index (χ0v) is 26.1. The third-order valence-corrected chi connectivity index (χ3v) is 10.9. The van der Waals surface area contributed by atoms with Crippen molar-refractivity contribution in [1.82, 2.24) is 40.0 Å². The lowest BCUT2D eigenvalue weighted by Gasteiger charge is -2.36. The first kappa shape index (κ1) is 27.7. The van der Waals surface area contributed by atoms with Crippen molar-refractivity contribution >= 4 is 22.6 Å². The number of carbonyl (C=O) groups is 1. The second-order valence-electron chi connectivity index (χ2n) is 13.3. The minimum Gasteiger partial charge on any atom is -0.474 e. The van der Waals surface area contributed by atoms with Gasteiger partial charge >= 0.3 is 0 Å². The smallest absolute Gasteiger partial charge is 0.246 e. The van der Waals surface area contributed by atoms with Crippen molar-refractivity contribution in [2.45, 2.75) is 102 Å². The number of hydrogen-bond acceptors (Lipinski definition) is 10. The molecule has 1 unspecified atom stereocenters. The Morgan fingerprint density at radius 2 is 1.95 bits per heavy atom. The molecule has 0 bridgehead atoms. The van der Waals surface area contributed by atoms with Gasteiger partial charge in [-0.05, 0) is 79.3 Å². The van der Waals surface area contributed by atoms with Crippen molar-refractivity contribution in [3.63, 3.8) is 0 Å². The molecule has 232 valence electrons. The van der Waals surface area contributed by atoms with Crippen molar-refractivity contribution in [3.8, 4) is 17.4 Å². The van der Waals surface area contributed by atoms with E-state index in [1.165, 1.54) is 6.42 Å². The Morgan fingerprint density at radius 1 is 1.09 bits per heavy atom. The number of aryl methyl sites for hydroxylation is 1. The van der Waals surface area contributed by atoms with Crippen LogP contribution in [-0.2, 0) is 16.6 Å². The van der Waals surface area contributed by atoms with Crippen LogP contribution >= 0.6 is 0 Å². The lowest BCUT2D eigenvalue weighted by atomic mass is 9.64. The summed E-state index contributed by atoms with van der Waals surface area (Å²) in [4.78, 5) is 28.5. The van der Waals surface area contributed by atoms with Gasteiger partial charge in [0.15, 0.2) is 22.9 Å². The van der Waals surface area contributed by atoms with Crippen LogP contribution in [0.5, 0.6) is 5.88 Å². The molecule has 2 aliphatic carbocycles. The van der Waals surface area contributed by atoms with E-state index in [4.69, 9.17) is 24.3 Å². The Hall–Kier alpha value is -3.80. The molecule has 12 nitrogen and oxygen atoms in total. The predicted molar refractivity (Wildman–Crippen MR) is 164 cm³/mol. The number of likely N-dealkylation sites (tertiary alicyclic amines) is 1. The molecule has 2 aliphatic heterocycles. The Kier molecular flexibility index (Phi) is 6.55. The third kappa shape index (κ3) is 4.05. The van der Waals surface area contributed by atoms with E-state index < -0.39 is 5.41 Å². The monoisotopic (exact) mass is 599 g/mol. The van der Waals surface area contributed by atoms with Crippen LogP contribution in [0.3, 0.4) is 0 Å². The van der Waals surface area contributed by atoms with Crippen molar-refractivity contribution in [3.05, 3.63) is 28.8 Å². The largest absolute Gasteiger partial charge is 0.474 e. The van der Waals surface area contributed by atoms with Gasteiger partial charge in [0.2, 0.25) is 5.88 Å². The molecule has 1 saturated carbocycles. The molecule has 44 heavy (non-hydrogen) atoms. The first-order valence-electron chi connectivity index (χ1n) is 16.3. The fourth-order valence-corrected chi connectivity index (χ4v) is 8.44. The topological polar surface area (TPSA) is 131 Å². The van der Waals surface area contributed by atoms with Gasteiger partial charge in [-0.2, -0.15) is 5.10 Å². The van der Waals surface area contributed by atoms with Crippen molar-refractivity contribution < 1.29 is 14.1 Å². The van der Waals surface area contributed by atoms with E-state index in [9.17, 15) is 4.79 Å². The molecule has 0 aromatic carbocycles. The van der Waals surface area contributed by atoms with Gasteiger partial charge in [-0.3, -0.25) is 9.89 Å². The van der Waals surface area contributed by atoms with E-state index in [1.807, 2.05) is 17.8 Å². The number of Topliss-reactive ketones (excluding diaryl/α,β-unsaturated/α-hetero) is 1. The maximum atomic E-state index is 13.4. The molecule has 0 radical (unpaired) electrons. The van der Waals surface area contributed by atoms with Gasteiger partial charge in [-0.25, -0.2) is 14.6 Å². The van der Waals surface area contributed by atoms with Crippen LogP contribution in [0.4, 0.5) is 5.82 Å². The van der Waals surface area contributed by atoms with Gasteiger partial charge in [0.25, 0.3) is 0 Å². The van der Waals surface area contributed by atoms with Crippen molar-refractivity contribution in [2.24, 2.45) is 0 Å². The van der Waals surface area contributed by atoms with Crippen LogP contribution in [-0.4, -0.2) is 78.6 Å². The number of nitrogens with one attached hydrogen (secondary N) is 1. The predicted octanol–water partition coefficient (Wildman–Crippen LogP) is 4.85. The number of anilines is 1. The molecule has 1 spiro atoms. The second-order valence-corrected chi connectivity index (χ2v) is 13.3. The Balaban J connectivity index is 1.32. The number of ketones is 1. The normalized spacial score (nSPS) is 25.3. The standard InChI is InChI=1S/C32H41N9O3/c1-18-22(17-33-36-18)19(2)40-15-16-43-31-25-29(40)34-28(35-30(25)41(37-31)20(3)23-10-8-14-39(23)4)26-21-9-7-13-32(27(21)44-38-26)12-6-5-11-24(32)42/h17,19-20,23H,5-16H2,1-4H3,(H,33,36)/t19?,20-,23-,32+/m0/s1. The average Bonchev–Trinajstić information content (AvgIpc) is 3.81. The molecule has 1 saturated heterocycles. The van der Waals surface area contributed by atoms with Crippen LogP contribution in [0.1, 0.15) is 99.9 Å². The Bertz CT molecular complexity index is 1740. The molecule has 4 aromatic heterocycles. The Morgan fingerprint density at radius 3 is 2.73 bits per heavy atom. The highest BCUT2D eigenvalue weighted by atomic mass is 16.5. The fourth-order valence-electron chi connectivity index (χ4n) is 8.44. The van der Waals surface area contributed by atoms with Gasteiger partial charge in [0, 0.05) is 29.3 Å². The average molecular weight is 600 g/mol. The SMILES string of the molecule is Cc1[nH]ncc1C(C)N1CCOc2nn([C@@H](C)[C@@H]3CCCN3C)c3nc(-c4noc5c4CCC[C@@]54CCCCC4=O)nc1c23. The quantitative estimate of drug-likeness (QED) is 0.340. The van der Waals surface area contributed by atoms with Crippen molar-refractivity contribution in [2.75, 3.05) is 31.6 Å².